The predicted octanol–water partition coefficient (Wildman–Crippen LogP) is 3.81. The SMILES string of the molecule is CC[C@H](N)C(=O)C(=O)NC(=O)CN(C(=O)[C@H](CC1CCCCC1)NC(=O)[C@@H](NC(=O)[C@H](CC(C)C)NC(=O)c1cnccn1)[C@@H](C)CC)S(=O)(=O)c1cc(C(F)(F)F)cc(C(F)(F)F)c1. The maximum Gasteiger partial charge on any atom is 0.416 e. The van der Waals surface area contributed by atoms with E-state index in [1.807, 2.05) is 0 Å². The van der Waals surface area contributed by atoms with Crippen LogP contribution in [0.5, 0.6) is 0 Å². The zero-order valence-corrected chi connectivity index (χ0v) is 37.2. The van der Waals surface area contributed by atoms with Crippen molar-refractivity contribution < 1.29 is 68.3 Å². The summed E-state index contributed by atoms with van der Waals surface area (Å²) in [6.45, 7) is 6.35. The van der Waals surface area contributed by atoms with Crippen molar-refractivity contribution in [3.8, 4) is 0 Å². The molecule has 1 aromatic heterocycles. The Morgan fingerprint density at radius 2 is 1.42 bits per heavy atom. The highest BCUT2D eigenvalue weighted by atomic mass is 32.2. The maximum absolute atomic E-state index is 14.7. The van der Waals surface area contributed by atoms with Gasteiger partial charge in [-0.25, -0.2) is 17.7 Å². The quantitative estimate of drug-likeness (QED) is 0.0939. The van der Waals surface area contributed by atoms with Gasteiger partial charge in [0.1, 0.15) is 30.4 Å². The lowest BCUT2D eigenvalue weighted by Gasteiger charge is -2.33. The number of halogens is 6. The first kappa shape index (κ1) is 53.8. The van der Waals surface area contributed by atoms with Crippen LogP contribution >= 0.6 is 0 Å². The molecule has 65 heavy (non-hydrogen) atoms. The first-order valence-corrected chi connectivity index (χ1v) is 22.3. The lowest BCUT2D eigenvalue weighted by Crippen LogP contribution is -2.60. The van der Waals surface area contributed by atoms with E-state index in [1.54, 1.807) is 33.0 Å². The van der Waals surface area contributed by atoms with Gasteiger partial charge in [0.05, 0.1) is 28.3 Å². The van der Waals surface area contributed by atoms with Crippen LogP contribution in [0.2, 0.25) is 0 Å². The van der Waals surface area contributed by atoms with Crippen molar-refractivity contribution in [2.24, 2.45) is 23.5 Å². The third-order valence-electron chi connectivity index (χ3n) is 10.8. The summed E-state index contributed by atoms with van der Waals surface area (Å²) in [5, 5.41) is 9.10. The van der Waals surface area contributed by atoms with Gasteiger partial charge in [-0.2, -0.15) is 26.3 Å². The molecule has 360 valence electrons. The smallest absolute Gasteiger partial charge is 0.342 e. The summed E-state index contributed by atoms with van der Waals surface area (Å²) in [7, 11) is -5.95. The third kappa shape index (κ3) is 15.3. The highest BCUT2D eigenvalue weighted by Gasteiger charge is 2.43. The number of nitrogens with zero attached hydrogens (tertiary/aromatic N) is 3. The number of carbonyl (C=O) groups excluding carboxylic acids is 7. The number of nitrogens with one attached hydrogen (secondary N) is 4. The van der Waals surface area contributed by atoms with Crippen LogP contribution in [0.4, 0.5) is 26.3 Å². The molecule has 0 radical (unpaired) electrons. The molecule has 0 unspecified atom stereocenters. The molecule has 0 saturated heterocycles. The number of hydrogen-bond donors (Lipinski definition) is 5. The number of amides is 6. The van der Waals surface area contributed by atoms with Crippen molar-refractivity contribution in [1.29, 1.82) is 0 Å². The van der Waals surface area contributed by atoms with Gasteiger partial charge in [0.25, 0.3) is 27.7 Å². The number of carbonyl (C=O) groups is 7. The van der Waals surface area contributed by atoms with E-state index < -0.39 is 122 Å². The Balaban J connectivity index is 2.16. The fourth-order valence-electron chi connectivity index (χ4n) is 6.92. The summed E-state index contributed by atoms with van der Waals surface area (Å²) < 4.78 is 112. The highest BCUT2D eigenvalue weighted by molar-refractivity contribution is 7.89. The van der Waals surface area contributed by atoms with Gasteiger partial charge in [-0.3, -0.25) is 43.9 Å². The van der Waals surface area contributed by atoms with Gasteiger partial charge in [0.2, 0.25) is 23.5 Å². The molecule has 1 aliphatic rings. The van der Waals surface area contributed by atoms with E-state index in [2.05, 4.69) is 25.9 Å². The van der Waals surface area contributed by atoms with Crippen LogP contribution in [0.15, 0.2) is 41.7 Å². The predicted molar refractivity (Wildman–Crippen MR) is 219 cm³/mol. The van der Waals surface area contributed by atoms with Gasteiger partial charge in [0.15, 0.2) is 0 Å². The Kier molecular flexibility index (Phi) is 19.1. The summed E-state index contributed by atoms with van der Waals surface area (Å²) in [5.41, 5.74) is 1.29. The largest absolute Gasteiger partial charge is 0.416 e. The lowest BCUT2D eigenvalue weighted by atomic mass is 9.84. The molecular weight excluding hydrogens is 895 g/mol. The summed E-state index contributed by atoms with van der Waals surface area (Å²) in [6, 6.07) is -6.89. The van der Waals surface area contributed by atoms with Crippen molar-refractivity contribution in [2.45, 2.75) is 134 Å². The average molecular weight is 949 g/mol. The van der Waals surface area contributed by atoms with Gasteiger partial charge in [0, 0.05) is 12.4 Å². The molecule has 6 N–H and O–H groups in total. The van der Waals surface area contributed by atoms with Crippen LogP contribution in [0.3, 0.4) is 0 Å². The number of rotatable bonds is 20. The van der Waals surface area contributed by atoms with Gasteiger partial charge >= 0.3 is 12.4 Å². The van der Waals surface area contributed by atoms with E-state index in [9.17, 15) is 68.3 Å². The zero-order chi connectivity index (χ0) is 49.0. The summed E-state index contributed by atoms with van der Waals surface area (Å²) in [6.07, 6.45) is -4.61. The number of Topliss-reactive ketones (excluding diaryl/α,β-unsaturated/α-hetero) is 1. The lowest BCUT2D eigenvalue weighted by molar-refractivity contribution is -0.143. The second kappa shape index (κ2) is 23.1. The second-order valence-corrected chi connectivity index (χ2v) is 18.1. The first-order valence-electron chi connectivity index (χ1n) is 20.9. The molecule has 17 nitrogen and oxygen atoms in total. The maximum atomic E-state index is 14.7. The molecule has 1 heterocycles. The van der Waals surface area contributed by atoms with Crippen molar-refractivity contribution in [1.82, 2.24) is 35.5 Å². The van der Waals surface area contributed by atoms with Crippen LogP contribution < -0.4 is 27.0 Å². The van der Waals surface area contributed by atoms with E-state index >= 15 is 0 Å². The molecule has 6 amide bonds. The summed E-state index contributed by atoms with van der Waals surface area (Å²) in [5.74, 6) is -10.5. The number of aromatic nitrogens is 2. The number of alkyl halides is 6. The number of ketones is 1. The van der Waals surface area contributed by atoms with Crippen molar-refractivity contribution in [3.05, 3.63) is 53.6 Å². The molecule has 0 aliphatic heterocycles. The number of hydrogen-bond acceptors (Lipinski definition) is 12. The van der Waals surface area contributed by atoms with Crippen LogP contribution in [0, 0.1) is 17.8 Å². The van der Waals surface area contributed by atoms with Gasteiger partial charge in [-0.15, -0.1) is 0 Å². The van der Waals surface area contributed by atoms with Crippen LogP contribution in [-0.4, -0.2) is 94.6 Å². The van der Waals surface area contributed by atoms with Crippen LogP contribution in [-0.2, 0) is 51.1 Å². The monoisotopic (exact) mass is 948 g/mol. The molecule has 1 fully saturated rings. The van der Waals surface area contributed by atoms with E-state index in [1.165, 1.54) is 19.3 Å². The van der Waals surface area contributed by atoms with Crippen molar-refractivity contribution >= 4 is 51.2 Å². The Morgan fingerprint density at radius 1 is 0.815 bits per heavy atom. The van der Waals surface area contributed by atoms with Crippen molar-refractivity contribution in [2.75, 3.05) is 6.54 Å². The molecule has 2 aromatic rings. The fourth-order valence-corrected chi connectivity index (χ4v) is 8.37. The normalized spacial score (nSPS) is 16.0. The molecule has 1 aliphatic carbocycles. The second-order valence-electron chi connectivity index (χ2n) is 16.3. The number of sulfonamides is 1. The Labute approximate surface area is 371 Å². The minimum absolute atomic E-state index is 0.0639. The van der Waals surface area contributed by atoms with E-state index in [0.29, 0.717) is 25.7 Å². The minimum atomic E-state index is -5.95. The number of benzene rings is 1. The highest BCUT2D eigenvalue weighted by Crippen LogP contribution is 2.38. The Morgan fingerprint density at radius 3 is 1.92 bits per heavy atom. The molecule has 3 rings (SSSR count). The van der Waals surface area contributed by atoms with Crippen LogP contribution in [0.25, 0.3) is 0 Å². The third-order valence-corrected chi connectivity index (χ3v) is 12.5. The minimum Gasteiger partial charge on any atom is -0.342 e. The zero-order valence-electron chi connectivity index (χ0n) is 36.3. The number of nitrogens with two attached hydrogens (primary N) is 1. The molecule has 5 atom stereocenters. The molecule has 0 spiro atoms. The van der Waals surface area contributed by atoms with E-state index in [4.69, 9.17) is 5.73 Å². The van der Waals surface area contributed by atoms with E-state index in [0.717, 1.165) is 12.6 Å². The van der Waals surface area contributed by atoms with Gasteiger partial charge in [-0.1, -0.05) is 73.1 Å². The first-order chi connectivity index (χ1) is 30.2. The van der Waals surface area contributed by atoms with Gasteiger partial charge in [-0.05, 0) is 55.2 Å². The van der Waals surface area contributed by atoms with Crippen molar-refractivity contribution in [3.63, 3.8) is 0 Å². The Hall–Kier alpha value is -5.52. The molecule has 1 aromatic carbocycles. The summed E-state index contributed by atoms with van der Waals surface area (Å²) in [4.78, 5) is 100. The molecule has 1 saturated carbocycles. The average Bonchev–Trinajstić information content (AvgIpc) is 3.25. The molecule has 0 bridgehead atoms. The Bertz CT molecular complexity index is 2120. The molecular formula is C41H54F6N8O9S. The molecule has 24 heteroatoms. The standard InChI is InChI=1S/C41H54F6N8O9S/c1-6-23(5)33(54-35(58)29(15-22(3)4)51-36(59)31-20-49-13-14-50-31)37(60)52-30(16-24-11-9-8-10-12-24)39(62)55(21-32(56)53-38(61)34(57)28(48)7-2)65(63,64)27-18-25(40(42,43)44)17-26(19-27)41(45,46)47/h13-14,17-20,22-24,28-30,33H,6-12,15-16,21,48H2,1-5H3,(H,51,59)(H,52,60)(H,54,58)(H,53,56,61)/t23-,28-,29-,30-,33-/m0/s1. The van der Waals surface area contributed by atoms with Gasteiger partial charge < -0.3 is 21.7 Å². The summed E-state index contributed by atoms with van der Waals surface area (Å²) >= 11 is 0. The number of imide groups is 1. The fraction of sp³-hybridized carbons (Fsp3) is 0.585. The van der Waals surface area contributed by atoms with E-state index in [-0.39, 0.29) is 59.8 Å². The van der Waals surface area contributed by atoms with Crippen LogP contribution in [0.1, 0.15) is 114 Å². The topological polar surface area (TPSA) is 257 Å².